The Hall–Kier alpha value is -3.85. The molecule has 5 rings (SSSR count). The SMILES string of the molecule is CC(=O)c1cc(-c2cccc3cccnc23)cc(-c2cccc3cccnc23)c1. The predicted molar refractivity (Wildman–Crippen MR) is 118 cm³/mol. The number of ketones is 1. The lowest BCUT2D eigenvalue weighted by atomic mass is 9.93. The molecule has 0 aliphatic rings. The maximum atomic E-state index is 12.3. The second-order valence-electron chi connectivity index (χ2n) is 7.12. The number of aromatic nitrogens is 2. The van der Waals surface area contributed by atoms with Crippen LogP contribution in [0, 0.1) is 0 Å². The highest BCUT2D eigenvalue weighted by molar-refractivity contribution is 6.02. The van der Waals surface area contributed by atoms with Gasteiger partial charge in [0.15, 0.2) is 5.78 Å². The molecule has 3 heteroatoms. The van der Waals surface area contributed by atoms with Crippen molar-refractivity contribution in [2.75, 3.05) is 0 Å². The fourth-order valence-corrected chi connectivity index (χ4v) is 3.82. The van der Waals surface area contributed by atoms with Crippen LogP contribution in [-0.2, 0) is 0 Å². The summed E-state index contributed by atoms with van der Waals surface area (Å²) in [5.74, 6) is 0.0366. The van der Waals surface area contributed by atoms with E-state index in [1.165, 1.54) is 0 Å². The van der Waals surface area contributed by atoms with Crippen molar-refractivity contribution in [3.8, 4) is 22.3 Å². The molecule has 5 aromatic rings. The van der Waals surface area contributed by atoms with E-state index in [0.29, 0.717) is 5.56 Å². The standard InChI is InChI=1S/C26H18N2O/c1-17(29)20-14-21(23-10-2-6-18-8-4-12-27-25(18)23)16-22(15-20)24-11-3-7-19-9-5-13-28-26(19)24/h2-16H,1H3. The number of Topliss-reactive ketones (excluding diaryl/α,β-unsaturated/α-hetero) is 1. The molecule has 2 aromatic heterocycles. The van der Waals surface area contributed by atoms with E-state index in [4.69, 9.17) is 0 Å². The maximum Gasteiger partial charge on any atom is 0.159 e. The summed E-state index contributed by atoms with van der Waals surface area (Å²) < 4.78 is 0. The van der Waals surface area contributed by atoms with E-state index in [-0.39, 0.29) is 5.78 Å². The Morgan fingerprint density at radius 3 is 1.62 bits per heavy atom. The third-order valence-corrected chi connectivity index (χ3v) is 5.23. The summed E-state index contributed by atoms with van der Waals surface area (Å²) in [7, 11) is 0. The van der Waals surface area contributed by atoms with E-state index < -0.39 is 0 Å². The number of rotatable bonds is 3. The average Bonchev–Trinajstić information content (AvgIpc) is 2.78. The highest BCUT2D eigenvalue weighted by atomic mass is 16.1. The Labute approximate surface area is 168 Å². The number of hydrogen-bond donors (Lipinski definition) is 0. The van der Waals surface area contributed by atoms with Crippen molar-refractivity contribution in [2.24, 2.45) is 0 Å². The third kappa shape index (κ3) is 3.07. The molecule has 0 saturated carbocycles. The average molecular weight is 374 g/mol. The summed E-state index contributed by atoms with van der Waals surface area (Å²) in [6.07, 6.45) is 3.60. The highest BCUT2D eigenvalue weighted by Gasteiger charge is 2.13. The first-order valence-corrected chi connectivity index (χ1v) is 9.55. The zero-order valence-electron chi connectivity index (χ0n) is 16.0. The van der Waals surface area contributed by atoms with Crippen LogP contribution in [0.2, 0.25) is 0 Å². The molecule has 29 heavy (non-hydrogen) atoms. The Bertz CT molecular complexity index is 1280. The Balaban J connectivity index is 1.80. The van der Waals surface area contributed by atoms with Gasteiger partial charge in [-0.3, -0.25) is 14.8 Å². The first-order chi connectivity index (χ1) is 14.2. The summed E-state index contributed by atoms with van der Waals surface area (Å²) in [6, 6.07) is 26.3. The maximum absolute atomic E-state index is 12.3. The van der Waals surface area contributed by atoms with Crippen molar-refractivity contribution in [1.82, 2.24) is 9.97 Å². The van der Waals surface area contributed by atoms with Gasteiger partial charge in [-0.15, -0.1) is 0 Å². The van der Waals surface area contributed by atoms with Gasteiger partial charge in [-0.1, -0.05) is 48.5 Å². The van der Waals surface area contributed by atoms with Gasteiger partial charge in [-0.2, -0.15) is 0 Å². The van der Waals surface area contributed by atoms with Crippen LogP contribution in [0.5, 0.6) is 0 Å². The van der Waals surface area contributed by atoms with Crippen LogP contribution in [0.1, 0.15) is 17.3 Å². The number of hydrogen-bond acceptors (Lipinski definition) is 3. The lowest BCUT2D eigenvalue weighted by molar-refractivity contribution is 0.101. The number of fused-ring (bicyclic) bond motifs is 2. The molecule has 0 aliphatic heterocycles. The molecule has 0 atom stereocenters. The fraction of sp³-hybridized carbons (Fsp3) is 0.0385. The van der Waals surface area contributed by atoms with Crippen LogP contribution in [0.3, 0.4) is 0 Å². The molecule has 0 unspecified atom stereocenters. The topological polar surface area (TPSA) is 42.9 Å². The van der Waals surface area contributed by atoms with Crippen LogP contribution in [0.4, 0.5) is 0 Å². The highest BCUT2D eigenvalue weighted by Crippen LogP contribution is 2.34. The fourth-order valence-electron chi connectivity index (χ4n) is 3.82. The van der Waals surface area contributed by atoms with Gasteiger partial charge in [0.25, 0.3) is 0 Å². The number of benzene rings is 3. The van der Waals surface area contributed by atoms with Crippen molar-refractivity contribution >= 4 is 27.6 Å². The number of carbonyl (C=O) groups excluding carboxylic acids is 1. The normalized spacial score (nSPS) is 11.1. The van der Waals surface area contributed by atoms with Crippen LogP contribution in [0.15, 0.2) is 91.3 Å². The van der Waals surface area contributed by atoms with E-state index in [2.05, 4.69) is 52.4 Å². The van der Waals surface area contributed by atoms with Crippen molar-refractivity contribution in [3.05, 3.63) is 96.8 Å². The largest absolute Gasteiger partial charge is 0.295 e. The zero-order chi connectivity index (χ0) is 19.8. The Morgan fingerprint density at radius 1 is 0.655 bits per heavy atom. The molecular weight excluding hydrogens is 356 g/mol. The van der Waals surface area contributed by atoms with E-state index >= 15 is 0 Å². The van der Waals surface area contributed by atoms with Crippen LogP contribution >= 0.6 is 0 Å². The minimum absolute atomic E-state index is 0.0366. The van der Waals surface area contributed by atoms with Crippen molar-refractivity contribution in [3.63, 3.8) is 0 Å². The molecule has 3 nitrogen and oxygen atoms in total. The van der Waals surface area contributed by atoms with Gasteiger partial charge in [-0.05, 0) is 48.4 Å². The van der Waals surface area contributed by atoms with Gasteiger partial charge in [0.1, 0.15) is 0 Å². The van der Waals surface area contributed by atoms with Gasteiger partial charge in [-0.25, -0.2) is 0 Å². The number of nitrogens with zero attached hydrogens (tertiary/aromatic N) is 2. The minimum Gasteiger partial charge on any atom is -0.295 e. The van der Waals surface area contributed by atoms with Gasteiger partial charge < -0.3 is 0 Å². The summed E-state index contributed by atoms with van der Waals surface area (Å²) in [6.45, 7) is 1.60. The van der Waals surface area contributed by atoms with Crippen molar-refractivity contribution < 1.29 is 4.79 Å². The van der Waals surface area contributed by atoms with Crippen molar-refractivity contribution in [1.29, 1.82) is 0 Å². The van der Waals surface area contributed by atoms with Crippen molar-refractivity contribution in [2.45, 2.75) is 6.92 Å². The lowest BCUT2D eigenvalue weighted by Gasteiger charge is -2.12. The van der Waals surface area contributed by atoms with Crippen LogP contribution in [-0.4, -0.2) is 15.8 Å². The lowest BCUT2D eigenvalue weighted by Crippen LogP contribution is -1.95. The number of carbonyl (C=O) groups is 1. The molecule has 0 spiro atoms. The first kappa shape index (κ1) is 17.3. The second kappa shape index (κ2) is 6.95. The molecule has 3 aromatic carbocycles. The number of pyridine rings is 2. The minimum atomic E-state index is 0.0366. The van der Waals surface area contributed by atoms with Gasteiger partial charge in [0.2, 0.25) is 0 Å². The molecular formula is C26H18N2O. The summed E-state index contributed by atoms with van der Waals surface area (Å²) in [4.78, 5) is 21.5. The van der Waals surface area contributed by atoms with E-state index in [9.17, 15) is 4.79 Å². The molecule has 0 radical (unpaired) electrons. The predicted octanol–water partition coefficient (Wildman–Crippen LogP) is 6.32. The smallest absolute Gasteiger partial charge is 0.159 e. The van der Waals surface area contributed by atoms with Gasteiger partial charge >= 0.3 is 0 Å². The molecule has 0 amide bonds. The van der Waals surface area contributed by atoms with E-state index in [0.717, 1.165) is 44.1 Å². The Kier molecular flexibility index (Phi) is 4.14. The quantitative estimate of drug-likeness (QED) is 0.347. The molecule has 138 valence electrons. The molecule has 0 saturated heterocycles. The first-order valence-electron chi connectivity index (χ1n) is 9.55. The van der Waals surface area contributed by atoms with E-state index in [1.807, 2.05) is 36.4 Å². The van der Waals surface area contributed by atoms with Gasteiger partial charge in [0.05, 0.1) is 11.0 Å². The van der Waals surface area contributed by atoms with Crippen LogP contribution < -0.4 is 0 Å². The Morgan fingerprint density at radius 2 is 1.14 bits per heavy atom. The molecule has 0 fully saturated rings. The molecule has 0 aliphatic carbocycles. The molecule has 0 bridgehead atoms. The molecule has 0 N–H and O–H groups in total. The van der Waals surface area contributed by atoms with Crippen LogP contribution in [0.25, 0.3) is 44.1 Å². The summed E-state index contributed by atoms with van der Waals surface area (Å²) >= 11 is 0. The number of para-hydroxylation sites is 2. The summed E-state index contributed by atoms with van der Waals surface area (Å²) in [5.41, 5.74) is 6.52. The van der Waals surface area contributed by atoms with Gasteiger partial charge in [0, 0.05) is 39.9 Å². The zero-order valence-corrected chi connectivity index (χ0v) is 16.0. The molecule has 2 heterocycles. The van der Waals surface area contributed by atoms with E-state index in [1.54, 1.807) is 19.3 Å². The second-order valence-corrected chi connectivity index (χ2v) is 7.12. The third-order valence-electron chi connectivity index (χ3n) is 5.23. The monoisotopic (exact) mass is 374 g/mol. The summed E-state index contributed by atoms with van der Waals surface area (Å²) in [5, 5.41) is 2.15.